The van der Waals surface area contributed by atoms with Crippen LogP contribution in [0.3, 0.4) is 0 Å². The number of carbonyl (C=O) groups excluding carboxylic acids is 3. The largest absolute Gasteiger partial charge is 0.493 e. The minimum atomic E-state index is -0.922. The van der Waals surface area contributed by atoms with Gasteiger partial charge in [0.25, 0.3) is 11.8 Å². The second-order valence-corrected chi connectivity index (χ2v) is 8.18. The van der Waals surface area contributed by atoms with E-state index < -0.39 is 17.8 Å². The molecular formula is C22H19Cl3N2O5. The van der Waals surface area contributed by atoms with Gasteiger partial charge in [-0.1, -0.05) is 41.7 Å². The number of rotatable bonds is 6. The van der Waals surface area contributed by atoms with Crippen LogP contribution in [0.15, 0.2) is 35.9 Å². The van der Waals surface area contributed by atoms with E-state index in [1.165, 1.54) is 37.5 Å². The highest BCUT2D eigenvalue weighted by molar-refractivity contribution is 6.42. The third kappa shape index (κ3) is 4.85. The zero-order valence-corrected chi connectivity index (χ0v) is 19.6. The number of imide groups is 2. The van der Waals surface area contributed by atoms with E-state index in [2.05, 4.69) is 5.32 Å². The van der Waals surface area contributed by atoms with Crippen molar-refractivity contribution in [3.05, 3.63) is 56.5 Å². The fourth-order valence-electron chi connectivity index (χ4n) is 2.93. The van der Waals surface area contributed by atoms with Gasteiger partial charge in [0.15, 0.2) is 11.5 Å². The number of nitrogens with zero attached hydrogens (tertiary/aromatic N) is 1. The standard InChI is InChI=1S/C22H19Cl3N2O5/c1-4-11(2)32-19-16(25)8-12(9-18(19)31-3)7-14-20(28)26-22(30)27(21(14)29)17-6-5-13(23)10-15(17)24/h5-11H,4H2,1-3H3,(H,26,28,30)/b14-7+/t11-/m0/s1. The lowest BCUT2D eigenvalue weighted by molar-refractivity contribution is -0.122. The van der Waals surface area contributed by atoms with Gasteiger partial charge in [-0.3, -0.25) is 14.9 Å². The van der Waals surface area contributed by atoms with Crippen molar-refractivity contribution in [3.8, 4) is 11.5 Å². The van der Waals surface area contributed by atoms with E-state index in [4.69, 9.17) is 44.3 Å². The van der Waals surface area contributed by atoms with Crippen LogP contribution in [0.2, 0.25) is 15.1 Å². The summed E-state index contributed by atoms with van der Waals surface area (Å²) in [6.45, 7) is 3.86. The van der Waals surface area contributed by atoms with Gasteiger partial charge in [0, 0.05) is 5.02 Å². The lowest BCUT2D eigenvalue weighted by atomic mass is 10.1. The minimum absolute atomic E-state index is 0.0750. The molecule has 0 bridgehead atoms. The number of amides is 4. The van der Waals surface area contributed by atoms with E-state index in [0.29, 0.717) is 22.1 Å². The lowest BCUT2D eigenvalue weighted by Crippen LogP contribution is -2.54. The van der Waals surface area contributed by atoms with Crippen molar-refractivity contribution in [2.45, 2.75) is 26.4 Å². The molecule has 0 radical (unpaired) electrons. The molecule has 7 nitrogen and oxygen atoms in total. The summed E-state index contributed by atoms with van der Waals surface area (Å²) in [7, 11) is 1.45. The number of hydrogen-bond donors (Lipinski definition) is 1. The Bertz CT molecular complexity index is 1130. The quantitative estimate of drug-likeness (QED) is 0.421. The number of ether oxygens (including phenoxy) is 2. The van der Waals surface area contributed by atoms with Gasteiger partial charge in [0.05, 0.1) is 28.9 Å². The van der Waals surface area contributed by atoms with Crippen LogP contribution in [0.5, 0.6) is 11.5 Å². The highest BCUT2D eigenvalue weighted by Crippen LogP contribution is 2.38. The first-order valence-corrected chi connectivity index (χ1v) is 10.7. The average molecular weight is 498 g/mol. The van der Waals surface area contributed by atoms with Crippen LogP contribution in [0.1, 0.15) is 25.8 Å². The van der Waals surface area contributed by atoms with Gasteiger partial charge in [0.2, 0.25) is 0 Å². The summed E-state index contributed by atoms with van der Waals surface area (Å²) < 4.78 is 11.2. The number of carbonyl (C=O) groups is 3. The van der Waals surface area contributed by atoms with E-state index in [-0.39, 0.29) is 27.4 Å². The summed E-state index contributed by atoms with van der Waals surface area (Å²) in [5.74, 6) is -1.01. The molecule has 168 valence electrons. The van der Waals surface area contributed by atoms with Crippen LogP contribution in [0.4, 0.5) is 10.5 Å². The van der Waals surface area contributed by atoms with Crippen LogP contribution in [-0.2, 0) is 9.59 Å². The number of urea groups is 1. The molecule has 1 aliphatic heterocycles. The Hall–Kier alpha value is -2.74. The molecule has 1 aliphatic rings. The monoisotopic (exact) mass is 496 g/mol. The summed E-state index contributed by atoms with van der Waals surface area (Å²) in [4.78, 5) is 38.7. The normalized spacial score (nSPS) is 16.2. The number of barbiturate groups is 1. The summed E-state index contributed by atoms with van der Waals surface area (Å²) in [6.07, 6.45) is 1.97. The average Bonchev–Trinajstić information content (AvgIpc) is 2.73. The Morgan fingerprint density at radius 2 is 1.81 bits per heavy atom. The number of halogens is 3. The van der Waals surface area contributed by atoms with E-state index in [0.717, 1.165) is 11.3 Å². The molecule has 2 aromatic rings. The Balaban J connectivity index is 2.03. The molecule has 0 aliphatic carbocycles. The maximum absolute atomic E-state index is 13.1. The number of nitrogens with one attached hydrogen (secondary N) is 1. The number of hydrogen-bond acceptors (Lipinski definition) is 5. The molecule has 1 saturated heterocycles. The van der Waals surface area contributed by atoms with Crippen LogP contribution in [0, 0.1) is 0 Å². The molecule has 3 rings (SSSR count). The molecule has 0 aromatic heterocycles. The molecular weight excluding hydrogens is 479 g/mol. The van der Waals surface area contributed by atoms with Crippen molar-refractivity contribution in [1.29, 1.82) is 0 Å². The zero-order chi connectivity index (χ0) is 23.6. The van der Waals surface area contributed by atoms with Crippen molar-refractivity contribution in [1.82, 2.24) is 5.32 Å². The highest BCUT2D eigenvalue weighted by Gasteiger charge is 2.37. The SMILES string of the molecule is CC[C@H](C)Oc1c(Cl)cc(/C=C2\C(=O)NC(=O)N(c3ccc(Cl)cc3Cl)C2=O)cc1OC. The Kier molecular flexibility index (Phi) is 7.33. The number of benzene rings is 2. The molecule has 10 heteroatoms. The molecule has 2 aromatic carbocycles. The molecule has 1 fully saturated rings. The van der Waals surface area contributed by atoms with Crippen LogP contribution in [0.25, 0.3) is 6.08 Å². The molecule has 0 saturated carbocycles. The first-order valence-electron chi connectivity index (χ1n) is 9.57. The molecule has 4 amide bonds. The second-order valence-electron chi connectivity index (χ2n) is 6.92. The lowest BCUT2D eigenvalue weighted by Gasteiger charge is -2.27. The van der Waals surface area contributed by atoms with Crippen molar-refractivity contribution in [3.63, 3.8) is 0 Å². The van der Waals surface area contributed by atoms with E-state index in [1.54, 1.807) is 6.07 Å². The second kappa shape index (κ2) is 9.81. The Morgan fingerprint density at radius 3 is 2.44 bits per heavy atom. The van der Waals surface area contributed by atoms with E-state index in [1.807, 2.05) is 13.8 Å². The van der Waals surface area contributed by atoms with Gasteiger partial charge in [-0.15, -0.1) is 0 Å². The van der Waals surface area contributed by atoms with Gasteiger partial charge >= 0.3 is 6.03 Å². The predicted molar refractivity (Wildman–Crippen MR) is 124 cm³/mol. The van der Waals surface area contributed by atoms with Crippen LogP contribution >= 0.6 is 34.8 Å². The maximum atomic E-state index is 13.1. The maximum Gasteiger partial charge on any atom is 0.335 e. The highest BCUT2D eigenvalue weighted by atomic mass is 35.5. The topological polar surface area (TPSA) is 84.9 Å². The molecule has 0 spiro atoms. The predicted octanol–water partition coefficient (Wildman–Crippen LogP) is 5.50. The Morgan fingerprint density at radius 1 is 1.09 bits per heavy atom. The zero-order valence-electron chi connectivity index (χ0n) is 17.4. The van der Waals surface area contributed by atoms with Gasteiger partial charge in [-0.05, 0) is 55.3 Å². The summed E-state index contributed by atoms with van der Waals surface area (Å²) >= 11 is 18.4. The minimum Gasteiger partial charge on any atom is -0.493 e. The third-order valence-corrected chi connectivity index (χ3v) is 5.53. The van der Waals surface area contributed by atoms with Crippen LogP contribution in [-0.4, -0.2) is 31.1 Å². The summed E-state index contributed by atoms with van der Waals surface area (Å²) in [5, 5.41) is 2.79. The van der Waals surface area contributed by atoms with E-state index in [9.17, 15) is 14.4 Å². The molecule has 0 unspecified atom stereocenters. The van der Waals surface area contributed by atoms with E-state index >= 15 is 0 Å². The molecule has 1 atom stereocenters. The number of anilines is 1. The first-order chi connectivity index (χ1) is 15.2. The van der Waals surface area contributed by atoms with Gasteiger partial charge in [0.1, 0.15) is 5.57 Å². The first kappa shape index (κ1) is 23.9. The molecule has 1 heterocycles. The van der Waals surface area contributed by atoms with Gasteiger partial charge < -0.3 is 9.47 Å². The Labute approximate surface area is 199 Å². The van der Waals surface area contributed by atoms with Crippen molar-refractivity contribution in [2.24, 2.45) is 0 Å². The van der Waals surface area contributed by atoms with Crippen LogP contribution < -0.4 is 19.7 Å². The fraction of sp³-hybridized carbons (Fsp3) is 0.227. The van der Waals surface area contributed by atoms with Crippen molar-refractivity contribution < 1.29 is 23.9 Å². The summed E-state index contributed by atoms with van der Waals surface area (Å²) in [5.41, 5.74) is 0.201. The third-order valence-electron chi connectivity index (χ3n) is 4.71. The smallest absolute Gasteiger partial charge is 0.335 e. The summed E-state index contributed by atoms with van der Waals surface area (Å²) in [6, 6.07) is 6.47. The molecule has 32 heavy (non-hydrogen) atoms. The van der Waals surface area contributed by atoms with Crippen molar-refractivity contribution in [2.75, 3.05) is 12.0 Å². The molecule has 1 N–H and O–H groups in total. The number of methoxy groups -OCH3 is 1. The van der Waals surface area contributed by atoms with Gasteiger partial charge in [-0.2, -0.15) is 0 Å². The van der Waals surface area contributed by atoms with Gasteiger partial charge in [-0.25, -0.2) is 9.69 Å². The fourth-order valence-corrected chi connectivity index (χ4v) is 3.68. The van der Waals surface area contributed by atoms with Crippen molar-refractivity contribution >= 4 is 64.4 Å².